The van der Waals surface area contributed by atoms with Crippen LogP contribution in [-0.2, 0) is 9.59 Å². The summed E-state index contributed by atoms with van der Waals surface area (Å²) in [6.07, 6.45) is 0. The van der Waals surface area contributed by atoms with Gasteiger partial charge in [0.15, 0.2) is 0 Å². The minimum absolute atomic E-state index is 0.0332. The summed E-state index contributed by atoms with van der Waals surface area (Å²) in [4.78, 5) is 23.8. The van der Waals surface area contributed by atoms with Crippen LogP contribution in [0, 0.1) is 0 Å². The summed E-state index contributed by atoms with van der Waals surface area (Å²) in [5, 5.41) is 2.86. The maximum atomic E-state index is 11.6. The molecule has 88 valence electrons. The van der Waals surface area contributed by atoms with E-state index in [-0.39, 0.29) is 18.5 Å². The van der Waals surface area contributed by atoms with Crippen molar-refractivity contribution in [1.82, 2.24) is 10.2 Å². The number of likely N-dealkylation sites (N-methyl/N-ethyl adjacent to an activating group) is 1. The first-order valence-electron chi connectivity index (χ1n) is 4.93. The van der Waals surface area contributed by atoms with E-state index in [0.29, 0.717) is 6.54 Å². The van der Waals surface area contributed by atoms with Crippen LogP contribution in [0.4, 0.5) is 0 Å². The molecule has 0 rings (SSSR count). The Hall–Kier alpha value is -1.14. The van der Waals surface area contributed by atoms with Gasteiger partial charge < -0.3 is 21.7 Å². The number of carbonyl (C=O) groups excluding carboxylic acids is 2. The van der Waals surface area contributed by atoms with E-state index in [1.807, 2.05) is 6.92 Å². The van der Waals surface area contributed by atoms with Crippen LogP contribution < -0.4 is 16.8 Å². The third kappa shape index (κ3) is 4.75. The number of carbonyl (C=O) groups is 2. The molecule has 6 nitrogen and oxygen atoms in total. The lowest BCUT2D eigenvalue weighted by atomic mass is 10.2. The number of hydrogen-bond donors (Lipinski definition) is 3. The summed E-state index contributed by atoms with van der Waals surface area (Å²) in [5.74, 6) is -0.611. The Morgan fingerprint density at radius 3 is 2.40 bits per heavy atom. The fourth-order valence-corrected chi connectivity index (χ4v) is 0.978. The smallest absolute Gasteiger partial charge is 0.239 e. The van der Waals surface area contributed by atoms with Crippen LogP contribution in [0.25, 0.3) is 0 Å². The standard InChI is InChI=1S/C9H20N4O2/c1-4-13(3)9(15)6(2)12-5-7(10)8(11)14/h6-7,12H,4-5,10H2,1-3H3,(H2,11,14). The molecule has 0 aliphatic carbocycles. The molecule has 0 radical (unpaired) electrons. The van der Waals surface area contributed by atoms with Crippen molar-refractivity contribution in [1.29, 1.82) is 0 Å². The van der Waals surface area contributed by atoms with Crippen LogP contribution in [-0.4, -0.2) is 48.9 Å². The highest BCUT2D eigenvalue weighted by Crippen LogP contribution is 1.91. The van der Waals surface area contributed by atoms with Gasteiger partial charge >= 0.3 is 0 Å². The van der Waals surface area contributed by atoms with Gasteiger partial charge in [0.25, 0.3) is 0 Å². The zero-order chi connectivity index (χ0) is 12.0. The highest BCUT2D eigenvalue weighted by Gasteiger charge is 2.17. The number of nitrogens with zero attached hydrogens (tertiary/aromatic N) is 1. The molecule has 0 spiro atoms. The molecule has 0 heterocycles. The lowest BCUT2D eigenvalue weighted by Gasteiger charge is -2.21. The number of nitrogens with one attached hydrogen (secondary N) is 1. The van der Waals surface area contributed by atoms with Crippen LogP contribution in [0.3, 0.4) is 0 Å². The molecule has 5 N–H and O–H groups in total. The van der Waals surface area contributed by atoms with E-state index >= 15 is 0 Å². The Bertz CT molecular complexity index is 232. The van der Waals surface area contributed by atoms with Gasteiger partial charge in [0.05, 0.1) is 12.1 Å². The zero-order valence-electron chi connectivity index (χ0n) is 9.49. The maximum absolute atomic E-state index is 11.6. The molecule has 0 saturated heterocycles. The zero-order valence-corrected chi connectivity index (χ0v) is 9.49. The first kappa shape index (κ1) is 13.9. The van der Waals surface area contributed by atoms with Gasteiger partial charge in [-0.3, -0.25) is 9.59 Å². The summed E-state index contributed by atoms with van der Waals surface area (Å²) < 4.78 is 0. The van der Waals surface area contributed by atoms with Crippen molar-refractivity contribution < 1.29 is 9.59 Å². The summed E-state index contributed by atoms with van der Waals surface area (Å²) in [6, 6.07) is -1.12. The Kier molecular flexibility index (Phi) is 5.88. The van der Waals surface area contributed by atoms with E-state index in [4.69, 9.17) is 11.5 Å². The van der Waals surface area contributed by atoms with Crippen LogP contribution in [0.15, 0.2) is 0 Å². The molecule has 2 amide bonds. The van der Waals surface area contributed by atoms with Gasteiger partial charge in [0.1, 0.15) is 0 Å². The van der Waals surface area contributed by atoms with E-state index in [9.17, 15) is 9.59 Å². The summed E-state index contributed by atoms with van der Waals surface area (Å²) in [6.45, 7) is 4.47. The molecule has 15 heavy (non-hydrogen) atoms. The molecule has 0 saturated carbocycles. The van der Waals surface area contributed by atoms with Crippen LogP contribution >= 0.6 is 0 Å². The van der Waals surface area contributed by atoms with Crippen molar-refractivity contribution in [3.05, 3.63) is 0 Å². The molecule has 0 aliphatic heterocycles. The maximum Gasteiger partial charge on any atom is 0.239 e. The highest BCUT2D eigenvalue weighted by molar-refractivity contribution is 5.82. The normalized spacial score (nSPS) is 14.4. The second-order valence-electron chi connectivity index (χ2n) is 3.49. The molecule has 0 aromatic rings. The average molecular weight is 216 g/mol. The predicted molar refractivity (Wildman–Crippen MR) is 57.9 cm³/mol. The quantitative estimate of drug-likeness (QED) is 0.490. The van der Waals surface area contributed by atoms with Crippen LogP contribution in [0.2, 0.25) is 0 Å². The first-order valence-corrected chi connectivity index (χ1v) is 4.93. The van der Waals surface area contributed by atoms with E-state index in [1.54, 1.807) is 18.9 Å². The van der Waals surface area contributed by atoms with E-state index in [2.05, 4.69) is 5.32 Å². The van der Waals surface area contributed by atoms with Gasteiger partial charge in [-0.2, -0.15) is 0 Å². The lowest BCUT2D eigenvalue weighted by molar-refractivity contribution is -0.131. The molecule has 2 atom stereocenters. The van der Waals surface area contributed by atoms with Crippen molar-refractivity contribution in [3.8, 4) is 0 Å². The monoisotopic (exact) mass is 216 g/mol. The third-order valence-corrected chi connectivity index (χ3v) is 2.23. The van der Waals surface area contributed by atoms with Gasteiger partial charge in [0.2, 0.25) is 11.8 Å². The summed E-state index contributed by atoms with van der Waals surface area (Å²) >= 11 is 0. The second-order valence-corrected chi connectivity index (χ2v) is 3.49. The molecular weight excluding hydrogens is 196 g/mol. The predicted octanol–water partition coefficient (Wildman–Crippen LogP) is -1.74. The molecule has 0 aliphatic rings. The lowest BCUT2D eigenvalue weighted by Crippen LogP contribution is -2.50. The molecule has 2 unspecified atom stereocenters. The Balaban J connectivity index is 3.98. The van der Waals surface area contributed by atoms with Crippen molar-refractivity contribution in [2.45, 2.75) is 25.9 Å². The number of hydrogen-bond acceptors (Lipinski definition) is 4. The van der Waals surface area contributed by atoms with E-state index in [0.717, 1.165) is 0 Å². The largest absolute Gasteiger partial charge is 0.368 e. The Labute approximate surface area is 90.0 Å². The van der Waals surface area contributed by atoms with Crippen LogP contribution in [0.5, 0.6) is 0 Å². The average Bonchev–Trinajstić information content (AvgIpc) is 2.22. The van der Waals surface area contributed by atoms with E-state index < -0.39 is 11.9 Å². The Morgan fingerprint density at radius 1 is 1.47 bits per heavy atom. The Morgan fingerprint density at radius 2 is 2.00 bits per heavy atom. The molecule has 0 aromatic heterocycles. The van der Waals surface area contributed by atoms with Gasteiger partial charge in [-0.25, -0.2) is 0 Å². The molecule has 0 fully saturated rings. The van der Waals surface area contributed by atoms with Crippen molar-refractivity contribution in [3.63, 3.8) is 0 Å². The van der Waals surface area contributed by atoms with Crippen molar-refractivity contribution in [2.24, 2.45) is 11.5 Å². The topological polar surface area (TPSA) is 101 Å². The third-order valence-electron chi connectivity index (χ3n) is 2.23. The molecule has 0 aromatic carbocycles. The van der Waals surface area contributed by atoms with E-state index in [1.165, 1.54) is 0 Å². The fourth-order valence-electron chi connectivity index (χ4n) is 0.978. The van der Waals surface area contributed by atoms with Gasteiger partial charge in [-0.1, -0.05) is 0 Å². The van der Waals surface area contributed by atoms with Gasteiger partial charge in [-0.15, -0.1) is 0 Å². The first-order chi connectivity index (χ1) is 6.90. The number of nitrogens with two attached hydrogens (primary N) is 2. The van der Waals surface area contributed by atoms with Gasteiger partial charge in [-0.05, 0) is 13.8 Å². The van der Waals surface area contributed by atoms with Crippen molar-refractivity contribution in [2.75, 3.05) is 20.1 Å². The summed E-state index contributed by atoms with van der Waals surface area (Å²) in [7, 11) is 1.72. The van der Waals surface area contributed by atoms with Crippen molar-refractivity contribution >= 4 is 11.8 Å². The van der Waals surface area contributed by atoms with Gasteiger partial charge in [0, 0.05) is 20.1 Å². The molecule has 0 bridgehead atoms. The van der Waals surface area contributed by atoms with Crippen LogP contribution in [0.1, 0.15) is 13.8 Å². The molecular formula is C9H20N4O2. The fraction of sp³-hybridized carbons (Fsp3) is 0.778. The summed E-state index contributed by atoms with van der Waals surface area (Å²) in [5.41, 5.74) is 10.4. The number of primary amides is 1. The molecule has 6 heteroatoms. The second kappa shape index (κ2) is 6.36. The number of amides is 2. The minimum atomic E-state index is -0.757. The minimum Gasteiger partial charge on any atom is -0.368 e. The highest BCUT2D eigenvalue weighted by atomic mass is 16.2. The number of rotatable bonds is 6. The SMILES string of the molecule is CCN(C)C(=O)C(C)NCC(N)C(N)=O.